The predicted octanol–water partition coefficient (Wildman–Crippen LogP) is 2.65. The van der Waals surface area contributed by atoms with E-state index in [0.29, 0.717) is 26.1 Å². The number of amides is 1. The summed E-state index contributed by atoms with van der Waals surface area (Å²) >= 11 is 0. The molecule has 0 unspecified atom stereocenters. The zero-order valence-corrected chi connectivity index (χ0v) is 18.2. The molecule has 3 aromatic rings. The van der Waals surface area contributed by atoms with Crippen LogP contribution in [0.4, 0.5) is 0 Å². The lowest BCUT2D eigenvalue weighted by Gasteiger charge is -2.14. The van der Waals surface area contributed by atoms with Crippen LogP contribution in [0.5, 0.6) is 5.75 Å². The average molecular weight is 424 g/mol. The lowest BCUT2D eigenvalue weighted by molar-refractivity contribution is -0.119. The van der Waals surface area contributed by atoms with Crippen LogP contribution in [0, 0.1) is 0 Å². The van der Waals surface area contributed by atoms with Gasteiger partial charge in [-0.3, -0.25) is 15.1 Å². The number of aliphatic imine (C=N–C) groups is 1. The highest BCUT2D eigenvalue weighted by Crippen LogP contribution is 2.33. The fourth-order valence-electron chi connectivity index (χ4n) is 3.28. The van der Waals surface area contributed by atoms with E-state index in [9.17, 15) is 4.79 Å². The van der Waals surface area contributed by atoms with Gasteiger partial charge < -0.3 is 19.8 Å². The van der Waals surface area contributed by atoms with E-state index in [1.54, 1.807) is 13.4 Å². The van der Waals surface area contributed by atoms with E-state index in [-0.39, 0.29) is 11.9 Å². The molecule has 0 fully saturated rings. The number of hydrogen-bond donors (Lipinski definition) is 2. The molecular weight excluding hydrogens is 394 g/mol. The van der Waals surface area contributed by atoms with Gasteiger partial charge in [-0.1, -0.05) is 18.2 Å². The van der Waals surface area contributed by atoms with Crippen molar-refractivity contribution in [3.8, 4) is 16.9 Å². The van der Waals surface area contributed by atoms with Crippen molar-refractivity contribution in [2.24, 2.45) is 17.8 Å². The number of aromatic nitrogens is 2. The van der Waals surface area contributed by atoms with Crippen molar-refractivity contribution in [3.63, 3.8) is 0 Å². The Morgan fingerprint density at radius 1 is 1.23 bits per heavy atom. The molecular formula is C23H29N5O3. The molecule has 1 amide bonds. The Morgan fingerprint density at radius 2 is 2.06 bits per heavy atom. The van der Waals surface area contributed by atoms with Crippen LogP contribution in [0.2, 0.25) is 0 Å². The van der Waals surface area contributed by atoms with Gasteiger partial charge in [0.15, 0.2) is 5.96 Å². The zero-order chi connectivity index (χ0) is 22.2. The maximum Gasteiger partial charge on any atom is 0.226 e. The second kappa shape index (κ2) is 10.6. The molecule has 8 heteroatoms. The number of methoxy groups -OCH3 is 1. The number of fused-ring (bicyclic) bond motifs is 1. The molecule has 1 aromatic heterocycles. The summed E-state index contributed by atoms with van der Waals surface area (Å²) < 4.78 is 13.2. The van der Waals surface area contributed by atoms with Gasteiger partial charge >= 0.3 is 0 Å². The number of benzene rings is 2. The molecule has 0 aliphatic heterocycles. The van der Waals surface area contributed by atoms with Crippen LogP contribution in [0.1, 0.15) is 18.4 Å². The molecule has 1 heterocycles. The lowest BCUT2D eigenvalue weighted by Crippen LogP contribution is -2.36. The predicted molar refractivity (Wildman–Crippen MR) is 122 cm³/mol. The number of nitrogens with one attached hydrogen (secondary N) is 1. The largest absolute Gasteiger partial charge is 0.493 e. The van der Waals surface area contributed by atoms with E-state index in [4.69, 9.17) is 15.2 Å². The van der Waals surface area contributed by atoms with E-state index in [1.165, 1.54) is 7.05 Å². The lowest BCUT2D eigenvalue weighted by atomic mass is 10.00. The second-order valence-electron chi connectivity index (χ2n) is 7.24. The minimum atomic E-state index is -0.170. The highest BCUT2D eigenvalue weighted by atomic mass is 16.5. The fraction of sp³-hybridized carbons (Fsp3) is 0.348. The third kappa shape index (κ3) is 5.82. The van der Waals surface area contributed by atoms with E-state index < -0.39 is 0 Å². The number of guanidine groups is 1. The average Bonchev–Trinajstić information content (AvgIpc) is 3.15. The molecule has 164 valence electrons. The van der Waals surface area contributed by atoms with Crippen molar-refractivity contribution in [3.05, 3.63) is 48.3 Å². The van der Waals surface area contributed by atoms with Crippen molar-refractivity contribution in [2.75, 3.05) is 27.4 Å². The number of hydrogen-bond acceptors (Lipinski definition) is 5. The number of carbonyl (C=O) groups excluding carboxylic acids is 1. The van der Waals surface area contributed by atoms with Crippen LogP contribution < -0.4 is 15.8 Å². The molecule has 31 heavy (non-hydrogen) atoms. The standard InChI is InChI=1S/C23H29N5O3/c1-25-23(24)27-22(29)10-6-16-5-8-18(21(13-16)31-12-4-11-30-3)17-7-9-19-20(14-17)28(2)15-26-19/h5,7-9,13-15H,4,6,10-12H2,1-3H3,(H3,24,25,27,29). The summed E-state index contributed by atoms with van der Waals surface area (Å²) in [5.41, 5.74) is 10.6. The molecule has 0 spiro atoms. The van der Waals surface area contributed by atoms with Crippen molar-refractivity contribution in [1.29, 1.82) is 0 Å². The molecule has 0 saturated carbocycles. The molecule has 0 aliphatic carbocycles. The summed E-state index contributed by atoms with van der Waals surface area (Å²) in [5.74, 6) is 0.731. The number of carbonyl (C=O) groups is 1. The SMILES string of the molecule is CN=C(N)NC(=O)CCc1ccc(-c2ccc3ncn(C)c3c2)c(OCCCOC)c1. The molecule has 0 aliphatic rings. The molecule has 2 aromatic carbocycles. The van der Waals surface area contributed by atoms with E-state index in [2.05, 4.69) is 21.4 Å². The Hall–Kier alpha value is -3.39. The van der Waals surface area contributed by atoms with Crippen LogP contribution in [-0.2, 0) is 23.0 Å². The Balaban J connectivity index is 1.83. The molecule has 8 nitrogen and oxygen atoms in total. The fourth-order valence-corrected chi connectivity index (χ4v) is 3.28. The third-order valence-corrected chi connectivity index (χ3v) is 4.98. The number of ether oxygens (including phenoxy) is 2. The smallest absolute Gasteiger partial charge is 0.226 e. The maximum absolute atomic E-state index is 12.0. The monoisotopic (exact) mass is 423 g/mol. The number of rotatable bonds is 9. The van der Waals surface area contributed by atoms with Crippen molar-refractivity contribution in [1.82, 2.24) is 14.9 Å². The quantitative estimate of drug-likeness (QED) is 0.313. The summed E-state index contributed by atoms with van der Waals surface area (Å²) in [6.07, 6.45) is 3.47. The number of imidazole rings is 1. The molecule has 0 atom stereocenters. The zero-order valence-electron chi connectivity index (χ0n) is 18.2. The Kier molecular flexibility index (Phi) is 7.61. The first-order valence-corrected chi connectivity index (χ1v) is 10.2. The van der Waals surface area contributed by atoms with Crippen LogP contribution in [0.3, 0.4) is 0 Å². The third-order valence-electron chi connectivity index (χ3n) is 4.98. The molecule has 0 bridgehead atoms. The topological polar surface area (TPSA) is 104 Å². The van der Waals surface area contributed by atoms with Gasteiger partial charge in [0.05, 0.1) is 24.0 Å². The molecule has 3 rings (SSSR count). The number of aryl methyl sites for hydroxylation is 2. The summed E-state index contributed by atoms with van der Waals surface area (Å²) in [4.78, 5) is 20.1. The first-order valence-electron chi connectivity index (χ1n) is 10.2. The summed E-state index contributed by atoms with van der Waals surface area (Å²) in [6, 6.07) is 12.2. The van der Waals surface area contributed by atoms with Crippen LogP contribution in [-0.4, -0.2) is 48.8 Å². The Labute approximate surface area is 182 Å². The highest BCUT2D eigenvalue weighted by molar-refractivity contribution is 5.96. The second-order valence-corrected chi connectivity index (χ2v) is 7.24. The van der Waals surface area contributed by atoms with Gasteiger partial charge in [0.2, 0.25) is 5.91 Å². The normalized spacial score (nSPS) is 11.6. The van der Waals surface area contributed by atoms with Gasteiger partial charge in [-0.15, -0.1) is 0 Å². The van der Waals surface area contributed by atoms with E-state index >= 15 is 0 Å². The van der Waals surface area contributed by atoms with E-state index in [1.807, 2.05) is 41.9 Å². The van der Waals surface area contributed by atoms with Crippen molar-refractivity contribution in [2.45, 2.75) is 19.3 Å². The van der Waals surface area contributed by atoms with Crippen molar-refractivity contribution < 1.29 is 14.3 Å². The Bertz CT molecular complexity index is 1070. The van der Waals surface area contributed by atoms with Gasteiger partial charge in [-0.05, 0) is 35.7 Å². The summed E-state index contributed by atoms with van der Waals surface area (Å²) in [5, 5.41) is 2.56. The first-order chi connectivity index (χ1) is 15.0. The molecule has 0 saturated heterocycles. The van der Waals surface area contributed by atoms with Gasteiger partial charge in [0, 0.05) is 46.2 Å². The molecule has 0 radical (unpaired) electrons. The maximum atomic E-state index is 12.0. The van der Waals surface area contributed by atoms with Crippen LogP contribution in [0.25, 0.3) is 22.2 Å². The van der Waals surface area contributed by atoms with Gasteiger partial charge in [-0.2, -0.15) is 0 Å². The summed E-state index contributed by atoms with van der Waals surface area (Å²) in [7, 11) is 5.19. The minimum absolute atomic E-state index is 0.119. The number of nitrogens with zero attached hydrogens (tertiary/aromatic N) is 3. The van der Waals surface area contributed by atoms with Gasteiger partial charge in [-0.25, -0.2) is 4.98 Å². The Morgan fingerprint density at radius 3 is 2.84 bits per heavy atom. The first kappa shape index (κ1) is 22.3. The minimum Gasteiger partial charge on any atom is -0.493 e. The van der Waals surface area contributed by atoms with Crippen LogP contribution in [0.15, 0.2) is 47.7 Å². The molecule has 3 N–H and O–H groups in total. The van der Waals surface area contributed by atoms with Crippen LogP contribution >= 0.6 is 0 Å². The van der Waals surface area contributed by atoms with Gasteiger partial charge in [0.1, 0.15) is 5.75 Å². The number of nitrogens with two attached hydrogens (primary N) is 1. The summed E-state index contributed by atoms with van der Waals surface area (Å²) in [6.45, 7) is 1.18. The van der Waals surface area contributed by atoms with Crippen molar-refractivity contribution >= 4 is 22.9 Å². The van der Waals surface area contributed by atoms with E-state index in [0.717, 1.165) is 39.9 Å². The highest BCUT2D eigenvalue weighted by Gasteiger charge is 2.12. The van der Waals surface area contributed by atoms with Gasteiger partial charge in [0.25, 0.3) is 0 Å².